The van der Waals surface area contributed by atoms with E-state index in [1.54, 1.807) is 11.8 Å². The Morgan fingerprint density at radius 2 is 2.29 bits per heavy atom. The summed E-state index contributed by atoms with van der Waals surface area (Å²) in [4.78, 5) is 11.5. The SMILES string of the molecule is CSCC[C@@H](N)C(=O)NC1CC=CC1. The monoisotopic (exact) mass is 214 g/mol. The minimum Gasteiger partial charge on any atom is -0.351 e. The van der Waals surface area contributed by atoms with E-state index in [9.17, 15) is 4.79 Å². The molecule has 0 radical (unpaired) electrons. The molecule has 0 fully saturated rings. The molecule has 0 heterocycles. The van der Waals surface area contributed by atoms with Crippen LogP contribution in [0.25, 0.3) is 0 Å². The maximum absolute atomic E-state index is 11.5. The zero-order chi connectivity index (χ0) is 10.4. The molecular weight excluding hydrogens is 196 g/mol. The predicted octanol–water partition coefficient (Wildman–Crippen LogP) is 0.902. The van der Waals surface area contributed by atoms with E-state index in [2.05, 4.69) is 17.5 Å². The van der Waals surface area contributed by atoms with Gasteiger partial charge < -0.3 is 11.1 Å². The number of amides is 1. The lowest BCUT2D eigenvalue weighted by molar-refractivity contribution is -0.123. The maximum Gasteiger partial charge on any atom is 0.237 e. The topological polar surface area (TPSA) is 55.1 Å². The fourth-order valence-corrected chi connectivity index (χ4v) is 1.91. The van der Waals surface area contributed by atoms with Gasteiger partial charge in [-0.3, -0.25) is 4.79 Å². The first kappa shape index (κ1) is 11.6. The number of thioether (sulfide) groups is 1. The van der Waals surface area contributed by atoms with Crippen molar-refractivity contribution in [2.24, 2.45) is 5.73 Å². The van der Waals surface area contributed by atoms with Gasteiger partial charge in [0, 0.05) is 6.04 Å². The van der Waals surface area contributed by atoms with Crippen LogP contribution < -0.4 is 11.1 Å². The van der Waals surface area contributed by atoms with E-state index in [1.807, 2.05) is 6.26 Å². The average Bonchev–Trinajstić information content (AvgIpc) is 2.66. The molecule has 1 rings (SSSR count). The first-order valence-electron chi connectivity index (χ1n) is 4.94. The minimum absolute atomic E-state index is 0.00671. The number of nitrogens with two attached hydrogens (primary N) is 1. The molecule has 3 N–H and O–H groups in total. The molecule has 14 heavy (non-hydrogen) atoms. The molecule has 0 saturated carbocycles. The Morgan fingerprint density at radius 1 is 1.64 bits per heavy atom. The summed E-state index contributed by atoms with van der Waals surface area (Å²) in [6, 6.07) is -0.0640. The van der Waals surface area contributed by atoms with Crippen molar-refractivity contribution in [2.75, 3.05) is 12.0 Å². The smallest absolute Gasteiger partial charge is 0.237 e. The number of hydrogen-bond donors (Lipinski definition) is 2. The largest absolute Gasteiger partial charge is 0.351 e. The van der Waals surface area contributed by atoms with Crippen molar-refractivity contribution in [2.45, 2.75) is 31.3 Å². The van der Waals surface area contributed by atoms with Gasteiger partial charge in [-0.05, 0) is 31.3 Å². The van der Waals surface area contributed by atoms with Crippen LogP contribution in [0.5, 0.6) is 0 Å². The minimum atomic E-state index is -0.344. The number of carbonyl (C=O) groups is 1. The molecule has 0 aromatic heterocycles. The van der Waals surface area contributed by atoms with Crippen molar-refractivity contribution in [1.82, 2.24) is 5.32 Å². The van der Waals surface area contributed by atoms with E-state index in [4.69, 9.17) is 5.73 Å². The first-order valence-corrected chi connectivity index (χ1v) is 6.33. The lowest BCUT2D eigenvalue weighted by atomic mass is 10.2. The van der Waals surface area contributed by atoms with Crippen LogP contribution in [0.4, 0.5) is 0 Å². The molecule has 3 nitrogen and oxygen atoms in total. The van der Waals surface area contributed by atoms with E-state index >= 15 is 0 Å². The van der Waals surface area contributed by atoms with Crippen LogP contribution in [0.1, 0.15) is 19.3 Å². The summed E-state index contributed by atoms with van der Waals surface area (Å²) in [5, 5.41) is 2.95. The van der Waals surface area contributed by atoms with Gasteiger partial charge in [0.15, 0.2) is 0 Å². The molecule has 0 unspecified atom stereocenters. The molecule has 0 bridgehead atoms. The fraction of sp³-hybridized carbons (Fsp3) is 0.700. The lowest BCUT2D eigenvalue weighted by Crippen LogP contribution is -2.44. The Bertz CT molecular complexity index is 210. The molecule has 0 aromatic rings. The first-order chi connectivity index (χ1) is 6.74. The van der Waals surface area contributed by atoms with E-state index in [1.165, 1.54) is 0 Å². The van der Waals surface area contributed by atoms with Gasteiger partial charge in [0.25, 0.3) is 0 Å². The highest BCUT2D eigenvalue weighted by molar-refractivity contribution is 7.98. The summed E-state index contributed by atoms with van der Waals surface area (Å²) in [5.74, 6) is 0.935. The highest BCUT2D eigenvalue weighted by atomic mass is 32.2. The predicted molar refractivity (Wildman–Crippen MR) is 61.3 cm³/mol. The van der Waals surface area contributed by atoms with Crippen LogP contribution in [-0.4, -0.2) is 30.0 Å². The number of rotatable bonds is 5. The highest BCUT2D eigenvalue weighted by Gasteiger charge is 2.17. The quantitative estimate of drug-likeness (QED) is 0.669. The van der Waals surface area contributed by atoms with Gasteiger partial charge >= 0.3 is 0 Å². The second kappa shape index (κ2) is 6.09. The molecule has 0 aromatic carbocycles. The third kappa shape index (κ3) is 3.72. The second-order valence-corrected chi connectivity index (χ2v) is 4.52. The Kier molecular flexibility index (Phi) is 5.04. The normalized spacial score (nSPS) is 18.4. The van der Waals surface area contributed by atoms with Gasteiger partial charge in [0.2, 0.25) is 5.91 Å². The van der Waals surface area contributed by atoms with Gasteiger partial charge in [0.1, 0.15) is 0 Å². The van der Waals surface area contributed by atoms with Crippen LogP contribution in [0.15, 0.2) is 12.2 Å². The fourth-order valence-electron chi connectivity index (χ4n) is 1.42. The van der Waals surface area contributed by atoms with Gasteiger partial charge in [-0.1, -0.05) is 12.2 Å². The molecule has 1 amide bonds. The van der Waals surface area contributed by atoms with Crippen LogP contribution in [0.3, 0.4) is 0 Å². The van der Waals surface area contributed by atoms with Gasteiger partial charge in [0.05, 0.1) is 6.04 Å². The van der Waals surface area contributed by atoms with Crippen LogP contribution >= 0.6 is 11.8 Å². The maximum atomic E-state index is 11.5. The molecule has 1 atom stereocenters. The molecular formula is C10H18N2OS. The number of carbonyl (C=O) groups excluding carboxylic acids is 1. The summed E-state index contributed by atoms with van der Waals surface area (Å²) in [6.07, 6.45) is 8.86. The second-order valence-electron chi connectivity index (χ2n) is 3.54. The number of hydrogen-bond acceptors (Lipinski definition) is 3. The Balaban J connectivity index is 2.19. The van der Waals surface area contributed by atoms with Crippen LogP contribution in [-0.2, 0) is 4.79 Å². The van der Waals surface area contributed by atoms with Crippen molar-refractivity contribution in [3.8, 4) is 0 Å². The van der Waals surface area contributed by atoms with E-state index in [-0.39, 0.29) is 18.0 Å². The van der Waals surface area contributed by atoms with Crippen molar-refractivity contribution in [3.05, 3.63) is 12.2 Å². The van der Waals surface area contributed by atoms with Crippen molar-refractivity contribution >= 4 is 17.7 Å². The summed E-state index contributed by atoms with van der Waals surface area (Å²) < 4.78 is 0. The van der Waals surface area contributed by atoms with Crippen molar-refractivity contribution in [1.29, 1.82) is 0 Å². The van der Waals surface area contributed by atoms with Crippen LogP contribution in [0.2, 0.25) is 0 Å². The summed E-state index contributed by atoms with van der Waals surface area (Å²) in [5.41, 5.74) is 5.74. The lowest BCUT2D eigenvalue weighted by Gasteiger charge is -2.16. The molecule has 1 aliphatic rings. The van der Waals surface area contributed by atoms with E-state index in [0.717, 1.165) is 25.0 Å². The third-order valence-corrected chi connectivity index (χ3v) is 2.97. The molecule has 1 aliphatic carbocycles. The third-order valence-electron chi connectivity index (χ3n) is 2.32. The molecule has 4 heteroatoms. The standard InChI is InChI=1S/C10H18N2OS/c1-14-7-6-9(11)10(13)12-8-4-2-3-5-8/h2-3,8-9H,4-7,11H2,1H3,(H,12,13)/t9-/m1/s1. The zero-order valence-electron chi connectivity index (χ0n) is 8.53. The summed E-state index contributed by atoms with van der Waals surface area (Å²) in [6.45, 7) is 0. The average molecular weight is 214 g/mol. The van der Waals surface area contributed by atoms with Gasteiger partial charge in [-0.15, -0.1) is 0 Å². The summed E-state index contributed by atoms with van der Waals surface area (Å²) in [7, 11) is 0. The van der Waals surface area contributed by atoms with E-state index < -0.39 is 0 Å². The highest BCUT2D eigenvalue weighted by Crippen LogP contribution is 2.09. The van der Waals surface area contributed by atoms with E-state index in [0.29, 0.717) is 0 Å². The molecule has 0 aliphatic heterocycles. The molecule has 80 valence electrons. The summed E-state index contributed by atoms with van der Waals surface area (Å²) >= 11 is 1.72. The Morgan fingerprint density at radius 3 is 2.86 bits per heavy atom. The van der Waals surface area contributed by atoms with Gasteiger partial charge in [-0.25, -0.2) is 0 Å². The van der Waals surface area contributed by atoms with Crippen LogP contribution in [0, 0.1) is 0 Å². The number of nitrogens with one attached hydrogen (secondary N) is 1. The Labute approximate surface area is 89.5 Å². The molecule has 0 spiro atoms. The van der Waals surface area contributed by atoms with Gasteiger partial charge in [-0.2, -0.15) is 11.8 Å². The van der Waals surface area contributed by atoms with Crippen molar-refractivity contribution in [3.63, 3.8) is 0 Å². The Hall–Kier alpha value is -0.480. The molecule has 0 saturated heterocycles. The zero-order valence-corrected chi connectivity index (χ0v) is 9.35. The van der Waals surface area contributed by atoms with Crippen molar-refractivity contribution < 1.29 is 4.79 Å².